The molecule has 8 aromatic rings. The summed E-state index contributed by atoms with van der Waals surface area (Å²) in [6.07, 6.45) is 17.4. The van der Waals surface area contributed by atoms with Gasteiger partial charge in [-0.2, -0.15) is 70.8 Å². The molecule has 0 bridgehead atoms. The molecule has 0 amide bonds. The van der Waals surface area contributed by atoms with Crippen molar-refractivity contribution in [2.45, 2.75) is 173 Å². The van der Waals surface area contributed by atoms with E-state index in [1.54, 1.807) is 0 Å². The van der Waals surface area contributed by atoms with Gasteiger partial charge in [0.05, 0.1) is 0 Å². The number of allylic oxidation sites excluding steroid dienone is 8. The second kappa shape index (κ2) is 33.0. The average molecular weight is 1590 g/mol. The van der Waals surface area contributed by atoms with E-state index in [1.165, 1.54) is 107 Å². The van der Waals surface area contributed by atoms with Crippen LogP contribution in [-0.4, -0.2) is 6.51 Å². The van der Waals surface area contributed by atoms with Crippen molar-refractivity contribution in [1.29, 1.82) is 0 Å². The fraction of sp³-hybridized carbons (Fsp3) is 0.341. The van der Waals surface area contributed by atoms with Crippen LogP contribution in [0.15, 0.2) is 217 Å². The first-order valence-electron chi connectivity index (χ1n) is 32.5. The Labute approximate surface area is 600 Å². The van der Waals surface area contributed by atoms with E-state index in [2.05, 4.69) is 369 Å². The summed E-state index contributed by atoms with van der Waals surface area (Å²) in [5.74, 6) is 1.04. The molecule has 12 rings (SSSR count). The Kier molecular flexibility index (Phi) is 27.8. The van der Waals surface area contributed by atoms with Gasteiger partial charge in [0.1, 0.15) is 0 Å². The summed E-state index contributed by atoms with van der Waals surface area (Å²) >= 11 is 2.16. The van der Waals surface area contributed by atoms with E-state index in [0.717, 1.165) is 60.6 Å². The average Bonchev–Trinajstić information content (AvgIpc) is 1.63. The zero-order valence-electron chi connectivity index (χ0n) is 59.0. The normalized spacial score (nSPS) is 14.9. The van der Waals surface area contributed by atoms with Crippen molar-refractivity contribution < 1.29 is 72.6 Å². The molecule has 4 aliphatic carbocycles. The molecule has 0 N–H and O–H groups in total. The van der Waals surface area contributed by atoms with Crippen LogP contribution in [0.3, 0.4) is 0 Å². The van der Waals surface area contributed by atoms with Crippen LogP contribution < -0.4 is 24.8 Å². The molecule has 0 spiro atoms. The Hall–Kier alpha value is -5.22. The monoisotopic (exact) mass is 1590 g/mol. The van der Waals surface area contributed by atoms with Gasteiger partial charge < -0.3 is 24.8 Å². The van der Waals surface area contributed by atoms with Gasteiger partial charge in [0, 0.05) is 0 Å². The van der Waals surface area contributed by atoms with Crippen molar-refractivity contribution in [1.82, 2.24) is 0 Å². The van der Waals surface area contributed by atoms with E-state index in [9.17, 15) is 0 Å². The van der Waals surface area contributed by atoms with Crippen LogP contribution in [0.25, 0.3) is 22.3 Å². The van der Waals surface area contributed by atoms with E-state index in [0.29, 0.717) is 22.7 Å². The Morgan fingerprint density at radius 2 is 0.609 bits per heavy atom. The van der Waals surface area contributed by atoms with Crippen molar-refractivity contribution in [3.8, 4) is 22.3 Å². The standard InChI is InChI=1S/2C21H25.2C13H10.2C10H15.2ClH.2Hf/c2*1-20(2,3)16-7-9-18-14(12-16)11-15-13-17(21(4,5)6)8-10-19(15)18;2*1-3-7-12(8-4-1)11-13-9-5-2-6-10-13;2*1-8-5-6-9(7-8)10(2,3)4;;;;/h2*7-10,12H,11H2,1-6H3;2*1-10H;2*6-8H,1-4H3;2*1H;;/q2*-1;;;2*-1;;;2*+2/p-2. The maximum absolute atomic E-state index is 3.67. The quantitative estimate of drug-likeness (QED) is 0.122. The van der Waals surface area contributed by atoms with Crippen molar-refractivity contribution in [3.05, 3.63) is 308 Å². The summed E-state index contributed by atoms with van der Waals surface area (Å²) in [5.41, 5.74) is 26.3. The molecule has 4 heteroatoms. The van der Waals surface area contributed by atoms with Gasteiger partial charge in [-0.15, -0.1) is 22.3 Å². The minimum atomic E-state index is 0. The Morgan fingerprint density at radius 1 is 0.337 bits per heavy atom. The SMILES string of the molecule is CC(C)(C)c1[c-]c2c(cc1)-c1ccc(C(C)(C)C)cc1C2.CC(C)(C)c1[c-]c2c(cc1)-c1ccc(C(C)(C)C)cc1C2.CC1[C-]=CC(C(C)(C)C)=C1.CC1[C-]=CC(C(C)(C)C)=C1.[Cl-].[Cl-].[Hf+2]=[C](c1ccccc1)c1ccccc1.[Hf+2]=[C](c1ccccc1)c1ccccc1. The first-order valence-corrected chi connectivity index (χ1v) is 36.1. The van der Waals surface area contributed by atoms with E-state index >= 15 is 0 Å². The molecule has 0 fully saturated rings. The van der Waals surface area contributed by atoms with Gasteiger partial charge in [-0.1, -0.05) is 209 Å². The van der Waals surface area contributed by atoms with Crippen molar-refractivity contribution in [2.24, 2.45) is 22.7 Å². The summed E-state index contributed by atoms with van der Waals surface area (Å²) in [6.45, 7) is 44.9. The predicted octanol–water partition coefficient (Wildman–Crippen LogP) is 16.9. The van der Waals surface area contributed by atoms with Crippen LogP contribution in [0.1, 0.15) is 205 Å². The van der Waals surface area contributed by atoms with Gasteiger partial charge in [0.2, 0.25) is 0 Å². The summed E-state index contributed by atoms with van der Waals surface area (Å²) < 4.78 is 2.93. The molecule has 92 heavy (non-hydrogen) atoms. The third-order valence-corrected chi connectivity index (χ3v) is 20.9. The van der Waals surface area contributed by atoms with Gasteiger partial charge in [0.25, 0.3) is 0 Å². The Bertz CT molecular complexity index is 3390. The second-order valence-electron chi connectivity index (χ2n) is 30.8. The molecular weight excluding hydrogens is 1480 g/mol. The zero-order valence-corrected chi connectivity index (χ0v) is 67.7. The molecule has 0 saturated heterocycles. The van der Waals surface area contributed by atoms with Crippen LogP contribution >= 0.6 is 0 Å². The molecule has 0 aliphatic heterocycles. The van der Waals surface area contributed by atoms with Crippen LogP contribution in [-0.2, 0) is 82.3 Å². The third kappa shape index (κ3) is 21.9. The summed E-state index contributed by atoms with van der Waals surface area (Å²) in [4.78, 5) is 0. The summed E-state index contributed by atoms with van der Waals surface area (Å²) in [5, 5.41) is 0. The molecule has 476 valence electrons. The van der Waals surface area contributed by atoms with E-state index < -0.39 is 0 Å². The molecule has 2 atom stereocenters. The molecule has 8 aromatic carbocycles. The molecule has 0 heterocycles. The van der Waals surface area contributed by atoms with Gasteiger partial charge in [-0.05, 0) is 56.8 Å². The molecule has 0 saturated carbocycles. The fourth-order valence-corrected chi connectivity index (χ4v) is 13.3. The third-order valence-electron chi connectivity index (χ3n) is 16.8. The molecular formula is C88H100Cl2Hf2-2. The molecule has 0 radical (unpaired) electrons. The van der Waals surface area contributed by atoms with E-state index in [4.69, 9.17) is 0 Å². The van der Waals surface area contributed by atoms with Gasteiger partial charge >= 0.3 is 198 Å². The van der Waals surface area contributed by atoms with Crippen LogP contribution in [0, 0.1) is 47.0 Å². The Morgan fingerprint density at radius 3 is 0.826 bits per heavy atom. The minimum absolute atomic E-state index is 0. The van der Waals surface area contributed by atoms with Crippen molar-refractivity contribution >= 4 is 6.51 Å². The summed E-state index contributed by atoms with van der Waals surface area (Å²) in [6, 6.07) is 72.7. The van der Waals surface area contributed by atoms with Crippen LogP contribution in [0.2, 0.25) is 0 Å². The van der Waals surface area contributed by atoms with Gasteiger partial charge in [0.15, 0.2) is 0 Å². The van der Waals surface area contributed by atoms with Crippen LogP contribution in [0.4, 0.5) is 0 Å². The maximum atomic E-state index is 3.67. The number of fused-ring (bicyclic) bond motifs is 6. The van der Waals surface area contributed by atoms with Crippen LogP contribution in [0.5, 0.6) is 0 Å². The first-order chi connectivity index (χ1) is 42.1. The van der Waals surface area contributed by atoms with Crippen molar-refractivity contribution in [3.63, 3.8) is 0 Å². The van der Waals surface area contributed by atoms with E-state index in [1.807, 2.05) is 0 Å². The van der Waals surface area contributed by atoms with E-state index in [-0.39, 0.29) is 46.5 Å². The summed E-state index contributed by atoms with van der Waals surface area (Å²) in [7, 11) is 0. The molecule has 0 aromatic heterocycles. The second-order valence-corrected chi connectivity index (χ2v) is 34.4. The number of halogens is 2. The number of hydrogen-bond donors (Lipinski definition) is 0. The predicted molar refractivity (Wildman–Crippen MR) is 383 cm³/mol. The number of benzene rings is 8. The molecule has 0 nitrogen and oxygen atoms in total. The fourth-order valence-electron chi connectivity index (χ4n) is 10.9. The number of rotatable bonds is 4. The molecule has 2 unspecified atom stereocenters. The van der Waals surface area contributed by atoms with Gasteiger partial charge in [-0.25, -0.2) is 12.2 Å². The van der Waals surface area contributed by atoms with Gasteiger partial charge in [-0.3, -0.25) is 12.2 Å². The topological polar surface area (TPSA) is 0 Å². The zero-order chi connectivity index (χ0) is 66.0. The molecule has 4 aliphatic rings. The number of hydrogen-bond acceptors (Lipinski definition) is 0. The Balaban J connectivity index is 0.000000204. The van der Waals surface area contributed by atoms with Crippen molar-refractivity contribution in [2.75, 3.05) is 0 Å². The first kappa shape index (κ1) is 77.5.